The van der Waals surface area contributed by atoms with Crippen LogP contribution in [0, 0.1) is 5.92 Å². The van der Waals surface area contributed by atoms with Crippen molar-refractivity contribution in [3.05, 3.63) is 35.4 Å². The van der Waals surface area contributed by atoms with Crippen LogP contribution in [0.4, 0.5) is 0 Å². The van der Waals surface area contributed by atoms with Crippen molar-refractivity contribution < 1.29 is 0 Å². The van der Waals surface area contributed by atoms with Crippen molar-refractivity contribution in [3.8, 4) is 0 Å². The molecule has 0 radical (unpaired) electrons. The molecule has 0 bridgehead atoms. The average molecular weight is 235 g/mol. The van der Waals surface area contributed by atoms with Gasteiger partial charge < -0.3 is 0 Å². The van der Waals surface area contributed by atoms with E-state index in [0.29, 0.717) is 0 Å². The van der Waals surface area contributed by atoms with E-state index < -0.39 is 0 Å². The highest BCUT2D eigenvalue weighted by molar-refractivity contribution is 7.80. The Bertz CT molecular complexity index is 312. The van der Waals surface area contributed by atoms with Gasteiger partial charge in [0.25, 0.3) is 0 Å². The Kier molecular flexibility index (Phi) is 4.30. The quantitative estimate of drug-likeness (QED) is 0.766. The van der Waals surface area contributed by atoms with Gasteiger partial charge >= 0.3 is 0 Å². The number of hydrogen-bond donors (Lipinski definition) is 1. The maximum Gasteiger partial charge on any atom is 0.0240 e. The van der Waals surface area contributed by atoms with Crippen LogP contribution in [0.15, 0.2) is 24.3 Å². The van der Waals surface area contributed by atoms with Gasteiger partial charge in [-0.3, -0.25) is 4.90 Å². The molecule has 1 atom stereocenters. The van der Waals surface area contributed by atoms with Crippen molar-refractivity contribution in [3.63, 3.8) is 0 Å². The van der Waals surface area contributed by atoms with E-state index in [1.54, 1.807) is 0 Å². The highest BCUT2D eigenvalue weighted by atomic mass is 32.1. The summed E-state index contributed by atoms with van der Waals surface area (Å²) in [7, 11) is 0. The van der Waals surface area contributed by atoms with E-state index in [1.165, 1.54) is 30.5 Å². The average Bonchev–Trinajstić information content (AvgIpc) is 2.69. The van der Waals surface area contributed by atoms with Gasteiger partial charge in [0, 0.05) is 13.1 Å². The lowest BCUT2D eigenvalue weighted by molar-refractivity contribution is 0.261. The Hall–Kier alpha value is -0.470. The van der Waals surface area contributed by atoms with Gasteiger partial charge in [0.15, 0.2) is 0 Å². The van der Waals surface area contributed by atoms with Crippen LogP contribution in [0.25, 0.3) is 0 Å². The lowest BCUT2D eigenvalue weighted by atomic mass is 10.1. The molecular weight excluding hydrogens is 214 g/mol. The smallest absolute Gasteiger partial charge is 0.0240 e. The van der Waals surface area contributed by atoms with Crippen LogP contribution in [-0.2, 0) is 13.1 Å². The van der Waals surface area contributed by atoms with Gasteiger partial charge in [-0.25, -0.2) is 0 Å². The van der Waals surface area contributed by atoms with E-state index in [0.717, 1.165) is 24.8 Å². The fourth-order valence-corrected chi connectivity index (χ4v) is 2.77. The molecule has 1 aromatic rings. The topological polar surface area (TPSA) is 3.24 Å². The summed E-state index contributed by atoms with van der Waals surface area (Å²) in [6, 6.07) is 8.80. The molecule has 0 spiro atoms. The second-order valence-electron chi connectivity index (χ2n) is 4.89. The molecule has 2 heteroatoms. The van der Waals surface area contributed by atoms with E-state index in [1.807, 2.05) is 0 Å². The molecule has 1 aliphatic rings. The highest BCUT2D eigenvalue weighted by Crippen LogP contribution is 2.23. The van der Waals surface area contributed by atoms with Crippen molar-refractivity contribution in [1.82, 2.24) is 4.90 Å². The summed E-state index contributed by atoms with van der Waals surface area (Å²) < 4.78 is 0. The molecule has 1 nitrogen and oxygen atoms in total. The molecule has 1 heterocycles. The Morgan fingerprint density at radius 3 is 2.38 bits per heavy atom. The number of rotatable bonds is 5. The van der Waals surface area contributed by atoms with Gasteiger partial charge in [0.1, 0.15) is 0 Å². The molecule has 0 saturated carbocycles. The van der Waals surface area contributed by atoms with E-state index in [2.05, 4.69) is 48.7 Å². The van der Waals surface area contributed by atoms with E-state index in [4.69, 9.17) is 0 Å². The van der Waals surface area contributed by atoms with Crippen molar-refractivity contribution in [2.45, 2.75) is 32.9 Å². The fourth-order valence-electron chi connectivity index (χ4n) is 2.33. The maximum atomic E-state index is 4.29. The first-order valence-electron chi connectivity index (χ1n) is 6.19. The summed E-state index contributed by atoms with van der Waals surface area (Å²) in [5.74, 6) is 1.82. The van der Waals surface area contributed by atoms with Gasteiger partial charge in [0.2, 0.25) is 0 Å². The van der Waals surface area contributed by atoms with Crippen molar-refractivity contribution in [2.75, 3.05) is 12.3 Å². The predicted octanol–water partition coefficient (Wildman–Crippen LogP) is 3.35. The summed E-state index contributed by atoms with van der Waals surface area (Å²) in [6.07, 6.45) is 2.54. The SMILES string of the molecule is CC(CCS)CCN1Cc2ccccc2C1. The van der Waals surface area contributed by atoms with Crippen molar-refractivity contribution in [1.29, 1.82) is 0 Å². The standard InChI is InChI=1S/C14H21NS/c1-12(7-9-16)6-8-15-10-13-4-2-3-5-14(13)11-15/h2-5,12,16H,6-11H2,1H3. The number of nitrogens with zero attached hydrogens (tertiary/aromatic N) is 1. The molecule has 0 aliphatic carbocycles. The zero-order valence-electron chi connectivity index (χ0n) is 10.0. The van der Waals surface area contributed by atoms with Crippen LogP contribution in [-0.4, -0.2) is 17.2 Å². The van der Waals surface area contributed by atoms with Crippen molar-refractivity contribution in [2.24, 2.45) is 5.92 Å². The molecule has 2 rings (SSSR count). The molecule has 0 saturated heterocycles. The molecule has 1 unspecified atom stereocenters. The second kappa shape index (κ2) is 5.74. The summed E-state index contributed by atoms with van der Waals surface area (Å²) in [5.41, 5.74) is 3.04. The minimum Gasteiger partial charge on any atom is -0.295 e. The summed E-state index contributed by atoms with van der Waals surface area (Å²) in [4.78, 5) is 2.56. The Balaban J connectivity index is 1.79. The third kappa shape index (κ3) is 3.02. The van der Waals surface area contributed by atoms with Crippen LogP contribution in [0.2, 0.25) is 0 Å². The molecule has 0 aromatic heterocycles. The second-order valence-corrected chi connectivity index (χ2v) is 5.33. The van der Waals surface area contributed by atoms with E-state index in [9.17, 15) is 0 Å². The van der Waals surface area contributed by atoms with E-state index >= 15 is 0 Å². The third-order valence-electron chi connectivity index (χ3n) is 3.47. The van der Waals surface area contributed by atoms with Crippen LogP contribution in [0.3, 0.4) is 0 Å². The minimum atomic E-state index is 0.807. The highest BCUT2D eigenvalue weighted by Gasteiger charge is 2.17. The molecule has 16 heavy (non-hydrogen) atoms. The molecule has 0 N–H and O–H groups in total. The minimum absolute atomic E-state index is 0.807. The fraction of sp³-hybridized carbons (Fsp3) is 0.571. The van der Waals surface area contributed by atoms with Gasteiger partial charge in [-0.15, -0.1) is 0 Å². The normalized spacial score (nSPS) is 17.4. The zero-order valence-corrected chi connectivity index (χ0v) is 10.9. The monoisotopic (exact) mass is 235 g/mol. The van der Waals surface area contributed by atoms with E-state index in [-0.39, 0.29) is 0 Å². The Morgan fingerprint density at radius 1 is 1.19 bits per heavy atom. The number of thiol groups is 1. The third-order valence-corrected chi connectivity index (χ3v) is 3.72. The molecule has 0 fully saturated rings. The Labute approximate surface area is 104 Å². The number of benzene rings is 1. The first kappa shape index (κ1) is 12.0. The maximum absolute atomic E-state index is 4.29. The number of hydrogen-bond acceptors (Lipinski definition) is 2. The number of fused-ring (bicyclic) bond motifs is 1. The van der Waals surface area contributed by atoms with Gasteiger partial charge in [-0.1, -0.05) is 31.2 Å². The van der Waals surface area contributed by atoms with Crippen LogP contribution < -0.4 is 0 Å². The van der Waals surface area contributed by atoms with Crippen LogP contribution >= 0.6 is 12.6 Å². The Morgan fingerprint density at radius 2 is 1.81 bits per heavy atom. The van der Waals surface area contributed by atoms with Crippen LogP contribution in [0.1, 0.15) is 30.9 Å². The van der Waals surface area contributed by atoms with Gasteiger partial charge in [-0.2, -0.15) is 12.6 Å². The lowest BCUT2D eigenvalue weighted by Gasteiger charge is -2.17. The molecular formula is C14H21NS. The summed E-state index contributed by atoms with van der Waals surface area (Å²) >= 11 is 4.29. The first-order valence-corrected chi connectivity index (χ1v) is 6.83. The largest absolute Gasteiger partial charge is 0.295 e. The molecule has 0 amide bonds. The van der Waals surface area contributed by atoms with Gasteiger partial charge in [0.05, 0.1) is 0 Å². The van der Waals surface area contributed by atoms with Crippen LogP contribution in [0.5, 0.6) is 0 Å². The summed E-state index contributed by atoms with van der Waals surface area (Å²) in [6.45, 7) is 5.84. The summed E-state index contributed by atoms with van der Waals surface area (Å²) in [5, 5.41) is 0. The molecule has 1 aliphatic heterocycles. The predicted molar refractivity (Wildman–Crippen MR) is 72.8 cm³/mol. The molecule has 1 aromatic carbocycles. The van der Waals surface area contributed by atoms with Gasteiger partial charge in [-0.05, 0) is 42.2 Å². The zero-order chi connectivity index (χ0) is 11.4. The first-order chi connectivity index (χ1) is 7.79. The lowest BCUT2D eigenvalue weighted by Crippen LogP contribution is -2.19. The molecule has 88 valence electrons. The van der Waals surface area contributed by atoms with Crippen molar-refractivity contribution >= 4 is 12.6 Å².